The predicted octanol–water partition coefficient (Wildman–Crippen LogP) is 4.72. The Morgan fingerprint density at radius 1 is 0.950 bits per heavy atom. The second kappa shape index (κ2) is 7.49. The van der Waals surface area contributed by atoms with Gasteiger partial charge in [-0.3, -0.25) is 5.01 Å². The Balaban J connectivity index is 2.23. The Morgan fingerprint density at radius 3 is 2.15 bits per heavy atom. The van der Waals surface area contributed by atoms with Gasteiger partial charge in [-0.25, -0.2) is 0 Å². The molecule has 0 atom stereocenters. The van der Waals surface area contributed by atoms with Crippen LogP contribution in [0.1, 0.15) is 32.3 Å². The van der Waals surface area contributed by atoms with E-state index in [1.54, 1.807) is 0 Å². The number of hydrogen-bond acceptors (Lipinski definition) is 2. The van der Waals surface area contributed by atoms with Crippen LogP contribution in [0.2, 0.25) is 0 Å². The first-order valence-electron chi connectivity index (χ1n) is 7.24. The molecule has 0 spiro atoms. The Morgan fingerprint density at radius 2 is 1.55 bits per heavy atom. The smallest absolute Gasteiger partial charge is 0.0650 e. The van der Waals surface area contributed by atoms with Gasteiger partial charge in [0.1, 0.15) is 0 Å². The molecule has 0 heterocycles. The zero-order valence-electron chi connectivity index (χ0n) is 12.3. The molecule has 0 radical (unpaired) electrons. The van der Waals surface area contributed by atoms with Crippen molar-refractivity contribution in [3.63, 3.8) is 0 Å². The molecular weight excluding hydrogens is 244 g/mol. The number of hydrogen-bond donors (Lipinski definition) is 0. The third kappa shape index (κ3) is 3.95. The topological polar surface area (TPSA) is 15.6 Å². The lowest BCUT2D eigenvalue weighted by atomic mass is 10.1. The molecule has 0 aliphatic carbocycles. The first-order chi connectivity index (χ1) is 9.81. The number of benzene rings is 2. The number of hydrazone groups is 1. The summed E-state index contributed by atoms with van der Waals surface area (Å²) < 4.78 is 0. The third-order valence-electron chi connectivity index (χ3n) is 3.24. The number of nitrogens with zero attached hydrogens (tertiary/aromatic N) is 2. The maximum atomic E-state index is 4.80. The van der Waals surface area contributed by atoms with Crippen LogP contribution in [0.25, 0.3) is 0 Å². The molecule has 0 saturated carbocycles. The summed E-state index contributed by atoms with van der Waals surface area (Å²) in [7, 11) is 0. The Kier molecular flexibility index (Phi) is 5.36. The van der Waals surface area contributed by atoms with Crippen LogP contribution in [-0.4, -0.2) is 12.3 Å². The summed E-state index contributed by atoms with van der Waals surface area (Å²) in [5.41, 5.74) is 3.37. The minimum atomic E-state index is 0.949. The van der Waals surface area contributed by atoms with Crippen molar-refractivity contribution in [1.82, 2.24) is 0 Å². The van der Waals surface area contributed by atoms with Gasteiger partial charge in [0.05, 0.1) is 11.4 Å². The zero-order chi connectivity index (χ0) is 14.2. The van der Waals surface area contributed by atoms with E-state index in [4.69, 9.17) is 5.10 Å². The first-order valence-corrected chi connectivity index (χ1v) is 7.24. The number of anilines is 1. The lowest BCUT2D eigenvalue weighted by Gasteiger charge is -2.20. The van der Waals surface area contributed by atoms with Crippen molar-refractivity contribution in [3.05, 3.63) is 66.2 Å². The van der Waals surface area contributed by atoms with Crippen LogP contribution in [-0.2, 0) is 0 Å². The Hall–Kier alpha value is -2.09. The monoisotopic (exact) mass is 266 g/mol. The molecule has 0 saturated heterocycles. The molecule has 2 nitrogen and oxygen atoms in total. The van der Waals surface area contributed by atoms with Gasteiger partial charge >= 0.3 is 0 Å². The molecule has 20 heavy (non-hydrogen) atoms. The summed E-state index contributed by atoms with van der Waals surface area (Å²) in [5, 5.41) is 6.91. The van der Waals surface area contributed by atoms with Crippen LogP contribution in [0.3, 0.4) is 0 Å². The van der Waals surface area contributed by atoms with Crippen molar-refractivity contribution in [2.75, 3.05) is 11.6 Å². The lowest BCUT2D eigenvalue weighted by Crippen LogP contribution is -2.19. The maximum Gasteiger partial charge on any atom is 0.0650 e. The highest BCUT2D eigenvalue weighted by atomic mass is 15.5. The molecule has 0 aliphatic heterocycles. The second-order valence-electron chi connectivity index (χ2n) is 4.86. The van der Waals surface area contributed by atoms with E-state index in [0.29, 0.717) is 0 Å². The normalized spacial score (nSPS) is 11.4. The molecule has 0 unspecified atom stereocenters. The summed E-state index contributed by atoms with van der Waals surface area (Å²) in [4.78, 5) is 0. The SMILES string of the molecule is CCCCN(N=C(C)c1ccccc1)c1ccccc1. The molecule has 0 fully saturated rings. The van der Waals surface area contributed by atoms with Gasteiger partial charge < -0.3 is 0 Å². The van der Waals surface area contributed by atoms with E-state index in [9.17, 15) is 0 Å². The standard InChI is InChI=1S/C18H22N2/c1-3-4-15-20(18-13-9-6-10-14-18)19-16(2)17-11-7-5-8-12-17/h5-14H,3-4,15H2,1-2H3. The molecular formula is C18H22N2. The van der Waals surface area contributed by atoms with Gasteiger partial charge in [-0.1, -0.05) is 61.9 Å². The molecule has 0 amide bonds. The molecule has 2 aromatic carbocycles. The average molecular weight is 266 g/mol. The minimum absolute atomic E-state index is 0.949. The van der Waals surface area contributed by atoms with Gasteiger partial charge in [0.15, 0.2) is 0 Å². The fraction of sp³-hybridized carbons (Fsp3) is 0.278. The summed E-state index contributed by atoms with van der Waals surface area (Å²) in [6.07, 6.45) is 2.31. The van der Waals surface area contributed by atoms with Gasteiger partial charge in [-0.2, -0.15) is 5.10 Å². The summed E-state index contributed by atoms with van der Waals surface area (Å²) >= 11 is 0. The second-order valence-corrected chi connectivity index (χ2v) is 4.86. The summed E-state index contributed by atoms with van der Waals surface area (Å²) in [6.45, 7) is 5.22. The highest BCUT2D eigenvalue weighted by Crippen LogP contribution is 2.15. The largest absolute Gasteiger partial charge is 0.265 e. The van der Waals surface area contributed by atoms with Gasteiger partial charge in [0.25, 0.3) is 0 Å². The molecule has 2 aromatic rings. The van der Waals surface area contributed by atoms with Crippen LogP contribution < -0.4 is 5.01 Å². The van der Waals surface area contributed by atoms with Crippen LogP contribution in [0.4, 0.5) is 5.69 Å². The third-order valence-corrected chi connectivity index (χ3v) is 3.24. The molecule has 104 valence electrons. The molecule has 0 aromatic heterocycles. The van der Waals surface area contributed by atoms with Crippen LogP contribution in [0.15, 0.2) is 65.8 Å². The average Bonchev–Trinajstić information content (AvgIpc) is 2.53. The molecule has 0 N–H and O–H groups in total. The van der Waals surface area contributed by atoms with E-state index in [-0.39, 0.29) is 0 Å². The van der Waals surface area contributed by atoms with Crippen molar-refractivity contribution in [1.29, 1.82) is 0 Å². The van der Waals surface area contributed by atoms with E-state index in [1.165, 1.54) is 12.0 Å². The molecule has 0 bridgehead atoms. The minimum Gasteiger partial charge on any atom is -0.265 e. The lowest BCUT2D eigenvalue weighted by molar-refractivity contribution is 0.739. The van der Waals surface area contributed by atoms with Crippen molar-refractivity contribution >= 4 is 11.4 Å². The Labute approximate surface area is 121 Å². The summed E-state index contributed by atoms with van der Waals surface area (Å²) in [5.74, 6) is 0. The van der Waals surface area contributed by atoms with E-state index in [1.807, 2.05) is 24.3 Å². The quantitative estimate of drug-likeness (QED) is 0.546. The predicted molar refractivity (Wildman–Crippen MR) is 87.3 cm³/mol. The van der Waals surface area contributed by atoms with Crippen LogP contribution in [0.5, 0.6) is 0 Å². The number of para-hydroxylation sites is 1. The Bertz CT molecular complexity index is 532. The fourth-order valence-electron chi connectivity index (χ4n) is 2.06. The van der Waals surface area contributed by atoms with Gasteiger partial charge in [-0.05, 0) is 31.0 Å². The van der Waals surface area contributed by atoms with E-state index in [0.717, 1.165) is 24.4 Å². The number of unbranched alkanes of at least 4 members (excludes halogenated alkanes) is 1. The highest BCUT2D eigenvalue weighted by molar-refractivity contribution is 5.99. The number of rotatable bonds is 6. The molecule has 0 aliphatic rings. The zero-order valence-corrected chi connectivity index (χ0v) is 12.3. The van der Waals surface area contributed by atoms with Gasteiger partial charge in [0, 0.05) is 6.54 Å². The maximum absolute atomic E-state index is 4.80. The van der Waals surface area contributed by atoms with Gasteiger partial charge in [-0.15, -0.1) is 0 Å². The van der Waals surface area contributed by atoms with E-state index < -0.39 is 0 Å². The molecule has 2 rings (SSSR count). The van der Waals surface area contributed by atoms with E-state index in [2.05, 4.69) is 55.3 Å². The van der Waals surface area contributed by atoms with Crippen molar-refractivity contribution in [2.45, 2.75) is 26.7 Å². The van der Waals surface area contributed by atoms with Crippen LogP contribution >= 0.6 is 0 Å². The van der Waals surface area contributed by atoms with Crippen LogP contribution in [0, 0.1) is 0 Å². The van der Waals surface area contributed by atoms with E-state index >= 15 is 0 Å². The fourth-order valence-corrected chi connectivity index (χ4v) is 2.06. The van der Waals surface area contributed by atoms with Crippen molar-refractivity contribution in [3.8, 4) is 0 Å². The highest BCUT2D eigenvalue weighted by Gasteiger charge is 2.05. The first kappa shape index (κ1) is 14.3. The van der Waals surface area contributed by atoms with Gasteiger partial charge in [0.2, 0.25) is 0 Å². The van der Waals surface area contributed by atoms with Crippen molar-refractivity contribution < 1.29 is 0 Å². The summed E-state index contributed by atoms with van der Waals surface area (Å²) in [6, 6.07) is 20.7. The molecule has 2 heteroatoms. The van der Waals surface area contributed by atoms with Crippen molar-refractivity contribution in [2.24, 2.45) is 5.10 Å².